The van der Waals surface area contributed by atoms with Crippen molar-refractivity contribution in [1.29, 1.82) is 0 Å². The van der Waals surface area contributed by atoms with Crippen molar-refractivity contribution in [2.45, 2.75) is 20.3 Å². The maximum absolute atomic E-state index is 12.1. The first-order chi connectivity index (χ1) is 9.02. The molecule has 0 saturated heterocycles. The van der Waals surface area contributed by atoms with Gasteiger partial charge in [0.2, 0.25) is 0 Å². The number of aromatic amines is 1. The number of carbonyl (C=O) groups is 1. The first-order valence-corrected chi connectivity index (χ1v) is 6.72. The molecule has 0 saturated carbocycles. The predicted molar refractivity (Wildman–Crippen MR) is 79.2 cm³/mol. The van der Waals surface area contributed by atoms with Crippen molar-refractivity contribution in [3.8, 4) is 0 Å². The lowest BCUT2D eigenvalue weighted by Gasteiger charge is -2.08. The number of H-pyrrole nitrogens is 1. The van der Waals surface area contributed by atoms with Gasteiger partial charge < -0.3 is 11.1 Å². The summed E-state index contributed by atoms with van der Waals surface area (Å²) in [5.41, 5.74) is 9.00. The number of amides is 1. The summed E-state index contributed by atoms with van der Waals surface area (Å²) in [6.07, 6.45) is 0.710. The van der Waals surface area contributed by atoms with Crippen LogP contribution in [0.5, 0.6) is 0 Å². The van der Waals surface area contributed by atoms with E-state index in [0.717, 1.165) is 21.4 Å². The number of nitrogens with one attached hydrogen (secondary N) is 2. The highest BCUT2D eigenvalue weighted by atomic mass is 79.9. The molecule has 5 nitrogen and oxygen atoms in total. The summed E-state index contributed by atoms with van der Waals surface area (Å²) in [4.78, 5) is 12.1. The number of nitrogen functional groups attached to an aromatic ring is 1. The highest BCUT2D eigenvalue weighted by Crippen LogP contribution is 2.22. The molecule has 4 N–H and O–H groups in total. The van der Waals surface area contributed by atoms with E-state index in [2.05, 4.69) is 31.4 Å². The van der Waals surface area contributed by atoms with Crippen LogP contribution < -0.4 is 11.1 Å². The summed E-state index contributed by atoms with van der Waals surface area (Å²) >= 11 is 3.37. The molecule has 6 heteroatoms. The third-order valence-corrected chi connectivity index (χ3v) is 3.39. The van der Waals surface area contributed by atoms with E-state index in [1.807, 2.05) is 32.0 Å². The topological polar surface area (TPSA) is 83.8 Å². The molecule has 0 spiro atoms. The zero-order chi connectivity index (χ0) is 14.0. The van der Waals surface area contributed by atoms with Gasteiger partial charge in [0, 0.05) is 10.2 Å². The van der Waals surface area contributed by atoms with Gasteiger partial charge in [0.25, 0.3) is 5.91 Å². The van der Waals surface area contributed by atoms with Crippen molar-refractivity contribution in [1.82, 2.24) is 10.2 Å². The second kappa shape index (κ2) is 5.44. The molecule has 0 bridgehead atoms. The van der Waals surface area contributed by atoms with Crippen LogP contribution in [0, 0.1) is 6.92 Å². The van der Waals surface area contributed by atoms with E-state index in [4.69, 9.17) is 5.73 Å². The van der Waals surface area contributed by atoms with E-state index in [1.54, 1.807) is 0 Å². The molecule has 19 heavy (non-hydrogen) atoms. The summed E-state index contributed by atoms with van der Waals surface area (Å²) < 4.78 is 0.901. The number of carbonyl (C=O) groups excluding carboxylic acids is 1. The van der Waals surface area contributed by atoms with Crippen molar-refractivity contribution in [2.75, 3.05) is 11.1 Å². The first-order valence-electron chi connectivity index (χ1n) is 5.93. The van der Waals surface area contributed by atoms with Gasteiger partial charge in [-0.25, -0.2) is 0 Å². The SMILES string of the molecule is CCc1[nH]nc(C(=O)Nc2cc(Br)ccc2C)c1N. The molecule has 2 rings (SSSR count). The van der Waals surface area contributed by atoms with Crippen LogP contribution in [-0.2, 0) is 6.42 Å². The Hall–Kier alpha value is -1.82. The van der Waals surface area contributed by atoms with Crippen LogP contribution in [0.25, 0.3) is 0 Å². The molecule has 1 aromatic carbocycles. The summed E-state index contributed by atoms with van der Waals surface area (Å²) in [5.74, 6) is -0.311. The Balaban J connectivity index is 2.25. The van der Waals surface area contributed by atoms with E-state index in [0.29, 0.717) is 12.1 Å². The molecule has 0 aliphatic heterocycles. The molecule has 1 amide bonds. The fraction of sp³-hybridized carbons (Fsp3) is 0.231. The second-order valence-corrected chi connectivity index (χ2v) is 5.15. The van der Waals surface area contributed by atoms with Crippen LogP contribution in [0.2, 0.25) is 0 Å². The minimum Gasteiger partial charge on any atom is -0.395 e. The lowest BCUT2D eigenvalue weighted by molar-refractivity contribution is 0.102. The van der Waals surface area contributed by atoms with Gasteiger partial charge in [-0.05, 0) is 31.0 Å². The van der Waals surface area contributed by atoms with Gasteiger partial charge in [-0.3, -0.25) is 9.89 Å². The Morgan fingerprint density at radius 3 is 2.89 bits per heavy atom. The Kier molecular flexibility index (Phi) is 3.90. The standard InChI is InChI=1S/C13H15BrN4O/c1-3-9-11(15)12(18-17-9)13(19)16-10-6-8(14)5-4-7(10)2/h4-6H,3,15H2,1-2H3,(H,16,19)(H,17,18). The number of benzene rings is 1. The molecule has 100 valence electrons. The summed E-state index contributed by atoms with van der Waals surface area (Å²) in [5, 5.41) is 9.55. The van der Waals surface area contributed by atoms with Crippen LogP contribution >= 0.6 is 15.9 Å². The molecule has 0 aliphatic rings. The third-order valence-electron chi connectivity index (χ3n) is 2.90. The number of hydrogen-bond acceptors (Lipinski definition) is 3. The van der Waals surface area contributed by atoms with Crippen LogP contribution in [0.4, 0.5) is 11.4 Å². The normalized spacial score (nSPS) is 10.5. The largest absolute Gasteiger partial charge is 0.395 e. The summed E-state index contributed by atoms with van der Waals surface area (Å²) in [7, 11) is 0. The second-order valence-electron chi connectivity index (χ2n) is 4.23. The number of aromatic nitrogens is 2. The molecular weight excluding hydrogens is 308 g/mol. The van der Waals surface area contributed by atoms with Crippen molar-refractivity contribution >= 4 is 33.2 Å². The molecule has 2 aromatic rings. The van der Waals surface area contributed by atoms with Gasteiger partial charge in [0.05, 0.1) is 11.4 Å². The van der Waals surface area contributed by atoms with Crippen LogP contribution in [0.3, 0.4) is 0 Å². The van der Waals surface area contributed by atoms with Gasteiger partial charge in [0.15, 0.2) is 5.69 Å². The van der Waals surface area contributed by atoms with Gasteiger partial charge in [-0.1, -0.05) is 28.9 Å². The maximum Gasteiger partial charge on any atom is 0.278 e. The molecular formula is C13H15BrN4O. The van der Waals surface area contributed by atoms with E-state index < -0.39 is 0 Å². The molecule has 0 fully saturated rings. The number of hydrogen-bond donors (Lipinski definition) is 3. The fourth-order valence-corrected chi connectivity index (χ4v) is 2.10. The molecule has 1 aromatic heterocycles. The number of anilines is 2. The quantitative estimate of drug-likeness (QED) is 0.812. The summed E-state index contributed by atoms with van der Waals surface area (Å²) in [6, 6.07) is 5.69. The lowest BCUT2D eigenvalue weighted by Crippen LogP contribution is -2.15. The molecule has 0 aliphatic carbocycles. The van der Waals surface area contributed by atoms with Crippen molar-refractivity contribution in [3.05, 3.63) is 39.6 Å². The van der Waals surface area contributed by atoms with Crippen molar-refractivity contribution in [2.24, 2.45) is 0 Å². The van der Waals surface area contributed by atoms with E-state index in [-0.39, 0.29) is 11.6 Å². The monoisotopic (exact) mass is 322 g/mol. The van der Waals surface area contributed by atoms with Gasteiger partial charge in [0.1, 0.15) is 0 Å². The maximum atomic E-state index is 12.1. The lowest BCUT2D eigenvalue weighted by atomic mass is 10.2. The smallest absolute Gasteiger partial charge is 0.278 e. The number of aryl methyl sites for hydroxylation is 2. The Bertz CT molecular complexity index is 621. The number of halogens is 1. The molecule has 0 atom stereocenters. The van der Waals surface area contributed by atoms with Crippen molar-refractivity contribution in [3.63, 3.8) is 0 Å². The molecule has 0 unspecified atom stereocenters. The third kappa shape index (κ3) is 2.78. The molecule has 0 radical (unpaired) electrons. The van der Waals surface area contributed by atoms with Gasteiger partial charge >= 0.3 is 0 Å². The molecule has 1 heterocycles. The average Bonchev–Trinajstić information content (AvgIpc) is 2.75. The minimum atomic E-state index is -0.311. The Morgan fingerprint density at radius 2 is 2.26 bits per heavy atom. The summed E-state index contributed by atoms with van der Waals surface area (Å²) in [6.45, 7) is 3.87. The first kappa shape index (κ1) is 13.6. The number of rotatable bonds is 3. The van der Waals surface area contributed by atoms with E-state index in [1.165, 1.54) is 0 Å². The predicted octanol–water partition coefficient (Wildman–Crippen LogP) is 2.88. The zero-order valence-corrected chi connectivity index (χ0v) is 12.3. The zero-order valence-electron chi connectivity index (χ0n) is 10.7. The van der Waals surface area contributed by atoms with E-state index in [9.17, 15) is 4.79 Å². The Labute approximate surface area is 119 Å². The van der Waals surface area contributed by atoms with Crippen LogP contribution in [0.1, 0.15) is 28.7 Å². The highest BCUT2D eigenvalue weighted by molar-refractivity contribution is 9.10. The Morgan fingerprint density at radius 1 is 1.53 bits per heavy atom. The van der Waals surface area contributed by atoms with Crippen LogP contribution in [-0.4, -0.2) is 16.1 Å². The average molecular weight is 323 g/mol. The minimum absolute atomic E-state index is 0.233. The number of nitrogens with two attached hydrogens (primary N) is 1. The van der Waals surface area contributed by atoms with Crippen molar-refractivity contribution < 1.29 is 4.79 Å². The van der Waals surface area contributed by atoms with E-state index >= 15 is 0 Å². The van der Waals surface area contributed by atoms with Crippen LogP contribution in [0.15, 0.2) is 22.7 Å². The number of nitrogens with zero attached hydrogens (tertiary/aromatic N) is 1. The van der Waals surface area contributed by atoms with Gasteiger partial charge in [-0.15, -0.1) is 0 Å². The fourth-order valence-electron chi connectivity index (χ4n) is 1.74. The van der Waals surface area contributed by atoms with Gasteiger partial charge in [-0.2, -0.15) is 5.10 Å². The highest BCUT2D eigenvalue weighted by Gasteiger charge is 2.17.